The van der Waals surface area contributed by atoms with E-state index < -0.39 is 71.0 Å². The molecule has 14 aromatic rings. The third-order valence-corrected chi connectivity index (χ3v) is 14.4. The topological polar surface area (TPSA) is 992 Å². The molecule has 746 valence electrons. The number of hydrogen-bond donors (Lipinski definition) is 10. The molecule has 140 heavy (non-hydrogen) atoms. The van der Waals surface area contributed by atoms with Gasteiger partial charge in [0.1, 0.15) is 39.9 Å². The molecule has 14 N–H and O–H groups in total. The van der Waals surface area contributed by atoms with Gasteiger partial charge >= 0.3 is 154 Å². The summed E-state index contributed by atoms with van der Waals surface area (Å²) in [6.45, 7) is 19.3. The number of oxime groups is 4. The summed E-state index contributed by atoms with van der Waals surface area (Å²) in [5, 5.41) is 137. The van der Waals surface area contributed by atoms with Gasteiger partial charge in [-0.25, -0.2) is 75.2 Å². The van der Waals surface area contributed by atoms with Crippen molar-refractivity contribution < 1.29 is 258 Å². The molecule has 14 heterocycles. The minimum Gasteiger partial charge on any atom is -0.870 e. The quantitative estimate of drug-likeness (QED) is 0.00817. The first-order valence-electron chi connectivity index (χ1n) is 34.8. The molecule has 82 heteroatoms. The Morgan fingerprint density at radius 1 is 0.336 bits per heavy atom. The minimum absolute atomic E-state index is 0. The van der Waals surface area contributed by atoms with E-state index in [0.29, 0.717) is 93.2 Å². The van der Waals surface area contributed by atoms with E-state index in [-0.39, 0.29) is 186 Å². The maximum absolute atomic E-state index is 12.1. The number of nitrogens with two attached hydrogens (primary N) is 1. The Balaban J connectivity index is 0. The van der Waals surface area contributed by atoms with Gasteiger partial charge in [0, 0.05) is 62.2 Å². The largest absolute Gasteiger partial charge is 1.00 e. The number of ether oxygens (including phenoxy) is 1. The van der Waals surface area contributed by atoms with E-state index in [4.69, 9.17) is 26.6 Å². The molecule has 0 fully saturated rings. The van der Waals surface area contributed by atoms with Crippen LogP contribution >= 0.6 is 0 Å². The molecule has 14 rings (SSSR count). The molecule has 0 atom stereocenters. The number of aryl methyl sites for hydroxylation is 3. The maximum atomic E-state index is 12.1. The number of aromatic nitrogens is 28. The van der Waals surface area contributed by atoms with Gasteiger partial charge in [-0.15, -0.1) is 0 Å². The molecule has 0 aliphatic carbocycles. The molecular weight excluding hydrogens is 1980 g/mol. The number of amides is 3. The molecule has 0 aromatic carbocycles. The zero-order chi connectivity index (χ0) is 100. The van der Waals surface area contributed by atoms with Crippen LogP contribution in [0.3, 0.4) is 0 Å². The van der Waals surface area contributed by atoms with Crippen LogP contribution in [0.25, 0.3) is 57.6 Å². The van der Waals surface area contributed by atoms with Gasteiger partial charge in [-0.05, 0) is 140 Å². The Bertz CT molecular complexity index is 6510. The molecule has 14 aromatic heterocycles. The molecule has 0 radical (unpaired) electrons. The molecule has 0 bridgehead atoms. The molecule has 0 saturated carbocycles. The van der Waals surface area contributed by atoms with Crippen LogP contribution in [-0.2, 0) is 63.9 Å². The van der Waals surface area contributed by atoms with E-state index in [9.17, 15) is 87.5 Å². The van der Waals surface area contributed by atoms with Crippen LogP contribution in [0, 0.1) is 20.8 Å². The average Bonchev–Trinajstić information content (AvgIpc) is 1.67. The fourth-order valence-electron chi connectivity index (χ4n) is 7.94. The zero-order valence-electron chi connectivity index (χ0n) is 74.5. The number of carbonyl (C=O) groups is 5. The van der Waals surface area contributed by atoms with Crippen LogP contribution in [0.4, 0.5) is 74.4 Å². The standard InChI is InChI=1S/C7H4F3N5O4.C7H7N5O4.C7H9N5O3.C6H6N4O3.C6H8N4O3.C6H10N4O2.C5H5N5O3.2C5H7N3O2.C4F6O3.3Na.3H2O/c1-15-4(14-18-6(15)17)2-3(13-19-12-2)11-5(16)7(8,9)10;1-3(13)8-5-4(9-16-10-5)6-11-15-7(14)12(6)2;1-3-8-5-4(9-15-10-5)6-11-14-7(13)12(6)2;1-3-4(8-13-7-3)5-9-12-6(11)10(5)2;1-3(8-12)5-6(7-4(2)11)10-13-9-5;1-3-7-6-5(4(2)8-11)9-12-10-6;1-10-4(9-12-5(10)11)2-3(6)8-13-7-2;2*1-3(6-9)5-4(2)7-10-8-5;5-3(6,7)1(11)13-2(12)4(8,9)10;;;;;;/h1H3,(H,11,13,16);1-2H3,(H,8,10,13);3H2,1-2H3,(H,8,10);1-2H3;12H,1-2H3,(H,7,10,11);11H,3H2,1-2H3,(H,7,10);1H3,(H2,6,8);2*9H,1-2H3;;;;;3*1H2/q;;;;;;;;;;3*+1;;;/p-3. The first-order chi connectivity index (χ1) is 63.0. The summed E-state index contributed by atoms with van der Waals surface area (Å²) in [5.41, 5.74) is 10.9. The molecule has 0 aliphatic rings. The third-order valence-electron chi connectivity index (χ3n) is 14.4. The van der Waals surface area contributed by atoms with E-state index in [0.717, 1.165) is 13.7 Å². The van der Waals surface area contributed by atoms with Crippen LogP contribution in [0.2, 0.25) is 0 Å². The van der Waals surface area contributed by atoms with Gasteiger partial charge in [-0.1, -0.05) is 61.9 Å². The van der Waals surface area contributed by atoms with Crippen molar-refractivity contribution in [2.24, 2.45) is 55.9 Å². The van der Waals surface area contributed by atoms with Gasteiger partial charge in [0.25, 0.3) is 0 Å². The summed E-state index contributed by atoms with van der Waals surface area (Å²) in [6.07, 6.45) is -16.4. The van der Waals surface area contributed by atoms with Crippen molar-refractivity contribution in [3.05, 3.63) is 92.6 Å². The smallest absolute Gasteiger partial charge is 0.870 e. The number of alkyl halides is 9. The fraction of sp³-hybridized carbons (Fsp3) is 0.362. The van der Waals surface area contributed by atoms with Crippen molar-refractivity contribution >= 4 is 87.4 Å². The third kappa shape index (κ3) is 35.9. The van der Waals surface area contributed by atoms with Crippen molar-refractivity contribution in [2.75, 3.05) is 45.4 Å². The summed E-state index contributed by atoms with van der Waals surface area (Å²) in [6, 6.07) is 0. The molecule has 0 spiro atoms. The molecular formula is C58H66F9N38Na3O32. The summed E-state index contributed by atoms with van der Waals surface area (Å²) < 4.78 is 173. The predicted molar refractivity (Wildman–Crippen MR) is 408 cm³/mol. The second kappa shape index (κ2) is 58.5. The van der Waals surface area contributed by atoms with Gasteiger partial charge in [0.2, 0.25) is 64.2 Å². The minimum atomic E-state index is -5.62. The molecule has 70 nitrogen and oxygen atoms in total. The van der Waals surface area contributed by atoms with Crippen LogP contribution in [0.5, 0.6) is 0 Å². The number of halogens is 9. The Labute approximate surface area is 828 Å². The van der Waals surface area contributed by atoms with E-state index in [1.807, 2.05) is 13.8 Å². The van der Waals surface area contributed by atoms with E-state index in [1.54, 1.807) is 41.5 Å². The number of esters is 2. The van der Waals surface area contributed by atoms with Gasteiger partial charge in [-0.2, -0.15) is 39.5 Å². The first-order valence-corrected chi connectivity index (χ1v) is 34.8. The van der Waals surface area contributed by atoms with Crippen LogP contribution in [0.15, 0.2) is 109 Å². The Hall–Kier alpha value is -16.0. The van der Waals surface area contributed by atoms with Crippen molar-refractivity contribution in [3.8, 4) is 57.6 Å². The van der Waals surface area contributed by atoms with Crippen molar-refractivity contribution in [1.29, 1.82) is 0 Å². The number of nitrogen functional groups attached to an aromatic ring is 1. The SMILES string of the molecule is CC(=NO)c1nonc1C.CC(=NO)c1nonc1C.CC(=O)Nc1nonc1-c1noc(=O)n1C.CC(=O)Nc1nonc1C(C)=NO.CCNc1nonc1-c1noc(=O)n1C.CCNc1nonc1C(C)=NO.Cc1nonc1-c1noc(=O)n1C.Cn1c(-c2nonc2N)noc1=O.Cn1c(-c2nonc2NC(=O)C(F)(F)F)noc1=O.O=C(OC(=O)C(F)(F)F)C(F)(F)F.[Na+].[Na+].[Na+].[OH-].[OH-].[OH-]. The van der Waals surface area contributed by atoms with Gasteiger partial charge in [0.05, 0.1) is 0 Å². The fourth-order valence-corrected chi connectivity index (χ4v) is 7.94. The van der Waals surface area contributed by atoms with Crippen molar-refractivity contribution in [1.82, 2.24) is 141 Å². The summed E-state index contributed by atoms with van der Waals surface area (Å²) in [4.78, 5) is 106. The second-order valence-corrected chi connectivity index (χ2v) is 23.8. The Morgan fingerprint density at radius 2 is 0.586 bits per heavy atom. The predicted octanol–water partition coefficient (Wildman–Crippen LogP) is -8.36. The van der Waals surface area contributed by atoms with Crippen LogP contribution in [0.1, 0.15) is 95.2 Å². The number of nitrogens with one attached hydrogen (secondary N) is 5. The second-order valence-electron chi connectivity index (χ2n) is 23.8. The normalized spacial score (nSPS) is 10.8. The van der Waals surface area contributed by atoms with Gasteiger partial charge in [0.15, 0.2) is 62.9 Å². The van der Waals surface area contributed by atoms with E-state index in [2.05, 4.69) is 230 Å². The molecule has 3 amide bonds. The Morgan fingerprint density at radius 3 is 0.879 bits per heavy atom. The molecule has 0 unspecified atom stereocenters. The van der Waals surface area contributed by atoms with Crippen LogP contribution in [-0.4, -0.2) is 263 Å². The van der Waals surface area contributed by atoms with Gasteiger partial charge in [-0.3, -0.25) is 65.2 Å². The van der Waals surface area contributed by atoms with E-state index in [1.165, 1.54) is 70.5 Å². The molecule has 0 aliphatic heterocycles. The summed E-state index contributed by atoms with van der Waals surface area (Å²) >= 11 is 0. The first kappa shape index (κ1) is 126. The molecule has 0 saturated heterocycles. The monoisotopic (exact) mass is 2050 g/mol. The number of anilines is 6. The van der Waals surface area contributed by atoms with Crippen LogP contribution < -0.4 is 150 Å². The maximum Gasteiger partial charge on any atom is 1.00 e. The van der Waals surface area contributed by atoms with Gasteiger partial charge < -0.3 is 69.0 Å². The Kier molecular flexibility index (Phi) is 52.7. The van der Waals surface area contributed by atoms with Crippen molar-refractivity contribution in [2.45, 2.75) is 94.7 Å². The van der Waals surface area contributed by atoms with E-state index >= 15 is 0 Å². The number of nitrogens with zero attached hydrogens (tertiary/aromatic N) is 32. The summed E-state index contributed by atoms with van der Waals surface area (Å²) in [5.74, 6) is -11.3. The zero-order valence-corrected chi connectivity index (χ0v) is 80.5. The number of hydrogen-bond acceptors (Lipinski definition) is 62. The van der Waals surface area contributed by atoms with Crippen molar-refractivity contribution in [3.63, 3.8) is 0 Å². The number of rotatable bonds is 16. The number of carbonyl (C=O) groups excluding carboxylic acids is 5. The summed E-state index contributed by atoms with van der Waals surface area (Å²) in [7, 11) is 7.21. The average molecular weight is 2050 g/mol.